The van der Waals surface area contributed by atoms with Gasteiger partial charge < -0.3 is 10.6 Å². The quantitative estimate of drug-likeness (QED) is 0.510. The Morgan fingerprint density at radius 2 is 2.10 bits per heavy atom. The average Bonchev–Trinajstić information content (AvgIpc) is 2.84. The van der Waals surface area contributed by atoms with Crippen LogP contribution in [0, 0.1) is 0 Å². The van der Waals surface area contributed by atoms with Crippen LogP contribution in [0.4, 0.5) is 0 Å². The molecule has 114 valence electrons. The molecule has 0 radical (unpaired) electrons. The standard InChI is InChI=1S/C15H24N6/c1-15(2,3)18-14(16-4)17-10-7-9-13-20-19-12-8-5-6-11-21(12)13/h5-6,8,11H,7,9-10H2,1-4H3,(H2,16,17,18). The zero-order chi connectivity index (χ0) is 15.3. The van der Waals surface area contributed by atoms with Gasteiger partial charge in [0.25, 0.3) is 0 Å². The van der Waals surface area contributed by atoms with Crippen molar-refractivity contribution in [2.24, 2.45) is 4.99 Å². The molecule has 0 aromatic carbocycles. The Kier molecular flexibility index (Phi) is 4.77. The zero-order valence-corrected chi connectivity index (χ0v) is 13.2. The molecule has 0 amide bonds. The van der Waals surface area contributed by atoms with Crippen molar-refractivity contribution in [1.82, 2.24) is 25.2 Å². The molecule has 21 heavy (non-hydrogen) atoms. The van der Waals surface area contributed by atoms with E-state index in [1.807, 2.05) is 28.8 Å². The highest BCUT2D eigenvalue weighted by atomic mass is 15.2. The minimum Gasteiger partial charge on any atom is -0.356 e. The van der Waals surface area contributed by atoms with E-state index in [4.69, 9.17) is 0 Å². The second-order valence-corrected chi connectivity index (χ2v) is 6.02. The maximum absolute atomic E-state index is 4.23. The summed E-state index contributed by atoms with van der Waals surface area (Å²) in [5.41, 5.74) is 0.899. The Bertz CT molecular complexity index is 608. The first-order valence-corrected chi connectivity index (χ1v) is 7.27. The molecule has 6 heteroatoms. The molecule has 2 rings (SSSR count). The molecule has 0 bridgehead atoms. The molecule has 0 spiro atoms. The number of hydrogen-bond acceptors (Lipinski definition) is 3. The van der Waals surface area contributed by atoms with Gasteiger partial charge in [-0.3, -0.25) is 9.39 Å². The molecule has 0 aliphatic rings. The average molecular weight is 288 g/mol. The van der Waals surface area contributed by atoms with Crippen LogP contribution in [-0.2, 0) is 6.42 Å². The monoisotopic (exact) mass is 288 g/mol. The summed E-state index contributed by atoms with van der Waals surface area (Å²) >= 11 is 0. The molecule has 0 unspecified atom stereocenters. The van der Waals surface area contributed by atoms with Crippen LogP contribution in [0.25, 0.3) is 5.65 Å². The smallest absolute Gasteiger partial charge is 0.191 e. The summed E-state index contributed by atoms with van der Waals surface area (Å²) in [7, 11) is 1.78. The van der Waals surface area contributed by atoms with Gasteiger partial charge in [0.15, 0.2) is 11.6 Å². The van der Waals surface area contributed by atoms with E-state index in [0.29, 0.717) is 0 Å². The topological polar surface area (TPSA) is 66.6 Å². The molecule has 0 aliphatic heterocycles. The van der Waals surface area contributed by atoms with E-state index in [0.717, 1.165) is 36.8 Å². The number of nitrogens with one attached hydrogen (secondary N) is 2. The van der Waals surface area contributed by atoms with Crippen LogP contribution in [0.5, 0.6) is 0 Å². The molecular weight excluding hydrogens is 264 g/mol. The summed E-state index contributed by atoms with van der Waals surface area (Å²) in [6.45, 7) is 7.18. The fraction of sp³-hybridized carbons (Fsp3) is 0.533. The number of guanidine groups is 1. The van der Waals surface area contributed by atoms with Crippen molar-refractivity contribution < 1.29 is 0 Å². The number of rotatable bonds is 4. The molecule has 0 aliphatic carbocycles. The Morgan fingerprint density at radius 1 is 1.29 bits per heavy atom. The minimum absolute atomic E-state index is 0.00501. The summed E-state index contributed by atoms with van der Waals surface area (Å²) in [5, 5.41) is 15.0. The van der Waals surface area contributed by atoms with Gasteiger partial charge in [-0.1, -0.05) is 6.07 Å². The summed E-state index contributed by atoms with van der Waals surface area (Å²) in [6.07, 6.45) is 3.85. The zero-order valence-electron chi connectivity index (χ0n) is 13.2. The number of hydrogen-bond donors (Lipinski definition) is 2. The molecule has 2 aromatic rings. The number of aromatic nitrogens is 3. The fourth-order valence-electron chi connectivity index (χ4n) is 2.05. The lowest BCUT2D eigenvalue weighted by molar-refractivity contribution is 0.500. The van der Waals surface area contributed by atoms with Gasteiger partial charge in [-0.25, -0.2) is 0 Å². The molecule has 2 aromatic heterocycles. The van der Waals surface area contributed by atoms with Gasteiger partial charge in [-0.05, 0) is 39.3 Å². The summed E-state index contributed by atoms with van der Waals surface area (Å²) in [6, 6.07) is 5.93. The molecule has 0 saturated heterocycles. The van der Waals surface area contributed by atoms with Crippen LogP contribution in [-0.4, -0.2) is 39.7 Å². The summed E-state index contributed by atoms with van der Waals surface area (Å²) < 4.78 is 2.03. The lowest BCUT2D eigenvalue weighted by atomic mass is 10.1. The molecule has 6 nitrogen and oxygen atoms in total. The van der Waals surface area contributed by atoms with Crippen molar-refractivity contribution in [3.8, 4) is 0 Å². The third-order valence-corrected chi connectivity index (χ3v) is 2.97. The maximum Gasteiger partial charge on any atom is 0.191 e. The van der Waals surface area contributed by atoms with E-state index in [2.05, 4.69) is 46.6 Å². The van der Waals surface area contributed by atoms with Crippen molar-refractivity contribution in [1.29, 1.82) is 0 Å². The number of aliphatic imine (C=N–C) groups is 1. The van der Waals surface area contributed by atoms with Crippen molar-refractivity contribution in [2.75, 3.05) is 13.6 Å². The Labute approximate surface area is 125 Å². The van der Waals surface area contributed by atoms with Crippen LogP contribution in [0.1, 0.15) is 33.0 Å². The van der Waals surface area contributed by atoms with Gasteiger partial charge in [0.05, 0.1) is 0 Å². The van der Waals surface area contributed by atoms with Gasteiger partial charge in [-0.2, -0.15) is 0 Å². The molecule has 0 saturated carbocycles. The Morgan fingerprint density at radius 3 is 2.81 bits per heavy atom. The molecule has 0 fully saturated rings. The van der Waals surface area contributed by atoms with E-state index in [1.54, 1.807) is 7.05 Å². The van der Waals surface area contributed by atoms with Crippen LogP contribution in [0.2, 0.25) is 0 Å². The number of pyridine rings is 1. The summed E-state index contributed by atoms with van der Waals surface area (Å²) in [4.78, 5) is 4.22. The molecule has 0 atom stereocenters. The van der Waals surface area contributed by atoms with E-state index in [9.17, 15) is 0 Å². The van der Waals surface area contributed by atoms with Gasteiger partial charge in [-0.15, -0.1) is 10.2 Å². The third-order valence-electron chi connectivity index (χ3n) is 2.97. The van der Waals surface area contributed by atoms with Crippen LogP contribution >= 0.6 is 0 Å². The van der Waals surface area contributed by atoms with Crippen molar-refractivity contribution in [2.45, 2.75) is 39.2 Å². The normalized spacial score (nSPS) is 12.7. The second kappa shape index (κ2) is 6.56. The highest BCUT2D eigenvalue weighted by Crippen LogP contribution is 2.04. The first kappa shape index (κ1) is 15.3. The fourth-order valence-corrected chi connectivity index (χ4v) is 2.05. The van der Waals surface area contributed by atoms with Crippen LogP contribution in [0.15, 0.2) is 29.4 Å². The lowest BCUT2D eigenvalue weighted by Crippen LogP contribution is -2.47. The van der Waals surface area contributed by atoms with E-state index in [-0.39, 0.29) is 5.54 Å². The Hall–Kier alpha value is -2.11. The van der Waals surface area contributed by atoms with Gasteiger partial charge >= 0.3 is 0 Å². The van der Waals surface area contributed by atoms with E-state index >= 15 is 0 Å². The highest BCUT2D eigenvalue weighted by Gasteiger charge is 2.11. The molecule has 2 heterocycles. The van der Waals surface area contributed by atoms with E-state index in [1.165, 1.54) is 0 Å². The van der Waals surface area contributed by atoms with Crippen molar-refractivity contribution in [3.63, 3.8) is 0 Å². The SMILES string of the molecule is CN=C(NCCCc1nnc2ccccn12)NC(C)(C)C. The second-order valence-electron chi connectivity index (χ2n) is 6.02. The van der Waals surface area contributed by atoms with Gasteiger partial charge in [0.1, 0.15) is 5.82 Å². The van der Waals surface area contributed by atoms with Crippen molar-refractivity contribution in [3.05, 3.63) is 30.2 Å². The van der Waals surface area contributed by atoms with Gasteiger partial charge in [0, 0.05) is 31.7 Å². The highest BCUT2D eigenvalue weighted by molar-refractivity contribution is 5.80. The predicted octanol–water partition coefficient (Wildman–Crippen LogP) is 1.63. The first-order chi connectivity index (χ1) is 9.99. The lowest BCUT2D eigenvalue weighted by Gasteiger charge is -2.23. The maximum atomic E-state index is 4.23. The number of nitrogens with zero attached hydrogens (tertiary/aromatic N) is 4. The van der Waals surface area contributed by atoms with Crippen LogP contribution < -0.4 is 10.6 Å². The Balaban J connectivity index is 1.82. The third kappa shape index (κ3) is 4.44. The minimum atomic E-state index is 0.00501. The summed E-state index contributed by atoms with van der Waals surface area (Å²) in [5.74, 6) is 1.82. The van der Waals surface area contributed by atoms with Gasteiger partial charge in [0.2, 0.25) is 0 Å². The van der Waals surface area contributed by atoms with E-state index < -0.39 is 0 Å². The molecule has 2 N–H and O–H groups in total. The van der Waals surface area contributed by atoms with Crippen molar-refractivity contribution >= 4 is 11.6 Å². The number of fused-ring (bicyclic) bond motifs is 1. The predicted molar refractivity (Wildman–Crippen MR) is 85.6 cm³/mol. The largest absolute Gasteiger partial charge is 0.356 e. The molecular formula is C15H24N6. The number of aryl methyl sites for hydroxylation is 1. The van der Waals surface area contributed by atoms with Crippen LogP contribution in [0.3, 0.4) is 0 Å². The first-order valence-electron chi connectivity index (χ1n) is 7.27.